The number of rotatable bonds is 4. The molecule has 18 heavy (non-hydrogen) atoms. The van der Waals surface area contributed by atoms with Crippen LogP contribution in [0.5, 0.6) is 11.5 Å². The molecule has 0 bridgehead atoms. The van der Waals surface area contributed by atoms with Gasteiger partial charge in [0.1, 0.15) is 0 Å². The molecule has 0 atom stereocenters. The molecule has 1 aromatic heterocycles. The predicted molar refractivity (Wildman–Crippen MR) is 68.2 cm³/mol. The SMILES string of the molecule is CCOc1c(OC)ccc2cc(CO)c(=O)[nH]c12. The molecular formula is C13H15NO4. The number of nitrogens with one attached hydrogen (secondary N) is 1. The highest BCUT2D eigenvalue weighted by Gasteiger charge is 2.12. The molecule has 0 aliphatic heterocycles. The molecule has 0 amide bonds. The van der Waals surface area contributed by atoms with Gasteiger partial charge in [-0.15, -0.1) is 0 Å². The van der Waals surface area contributed by atoms with Crippen molar-refractivity contribution < 1.29 is 14.6 Å². The van der Waals surface area contributed by atoms with Crippen molar-refractivity contribution in [1.29, 1.82) is 0 Å². The first-order valence-corrected chi connectivity index (χ1v) is 5.67. The van der Waals surface area contributed by atoms with Gasteiger partial charge in [-0.1, -0.05) is 0 Å². The van der Waals surface area contributed by atoms with Crippen molar-refractivity contribution >= 4 is 10.9 Å². The number of benzene rings is 1. The molecule has 0 fully saturated rings. The van der Waals surface area contributed by atoms with Crippen LogP contribution in [0.25, 0.3) is 10.9 Å². The van der Waals surface area contributed by atoms with E-state index in [4.69, 9.17) is 14.6 Å². The van der Waals surface area contributed by atoms with Gasteiger partial charge in [0.05, 0.1) is 25.8 Å². The molecule has 0 radical (unpaired) electrons. The third kappa shape index (κ3) is 2.04. The summed E-state index contributed by atoms with van der Waals surface area (Å²) in [4.78, 5) is 14.4. The van der Waals surface area contributed by atoms with Gasteiger partial charge in [0, 0.05) is 10.9 Å². The molecule has 0 aliphatic carbocycles. The van der Waals surface area contributed by atoms with E-state index < -0.39 is 0 Å². The minimum Gasteiger partial charge on any atom is -0.493 e. The van der Waals surface area contributed by atoms with Crippen molar-refractivity contribution in [2.24, 2.45) is 0 Å². The van der Waals surface area contributed by atoms with Crippen molar-refractivity contribution in [2.45, 2.75) is 13.5 Å². The molecule has 0 saturated carbocycles. The van der Waals surface area contributed by atoms with E-state index in [2.05, 4.69) is 4.98 Å². The zero-order chi connectivity index (χ0) is 13.1. The average molecular weight is 249 g/mol. The van der Waals surface area contributed by atoms with Crippen LogP contribution in [-0.4, -0.2) is 23.8 Å². The van der Waals surface area contributed by atoms with E-state index in [9.17, 15) is 4.79 Å². The Kier molecular flexibility index (Phi) is 3.53. The molecule has 5 nitrogen and oxygen atoms in total. The Labute approximate surface area is 104 Å². The van der Waals surface area contributed by atoms with Crippen LogP contribution in [0, 0.1) is 0 Å². The van der Waals surface area contributed by atoms with E-state index in [0.29, 0.717) is 29.2 Å². The van der Waals surface area contributed by atoms with E-state index in [1.807, 2.05) is 13.0 Å². The largest absolute Gasteiger partial charge is 0.493 e. The van der Waals surface area contributed by atoms with Crippen LogP contribution < -0.4 is 15.0 Å². The topological polar surface area (TPSA) is 71.5 Å². The molecule has 0 unspecified atom stereocenters. The van der Waals surface area contributed by atoms with Crippen molar-refractivity contribution in [2.75, 3.05) is 13.7 Å². The first-order valence-electron chi connectivity index (χ1n) is 5.67. The van der Waals surface area contributed by atoms with Crippen LogP contribution in [0.15, 0.2) is 23.0 Å². The minimum atomic E-state index is -0.320. The summed E-state index contributed by atoms with van der Waals surface area (Å²) in [5.41, 5.74) is 0.590. The first kappa shape index (κ1) is 12.4. The number of hydrogen-bond donors (Lipinski definition) is 2. The summed E-state index contributed by atoms with van der Waals surface area (Å²) in [7, 11) is 1.55. The zero-order valence-electron chi connectivity index (χ0n) is 10.3. The summed E-state index contributed by atoms with van der Waals surface area (Å²) in [6, 6.07) is 5.23. The zero-order valence-corrected chi connectivity index (χ0v) is 10.3. The molecular weight excluding hydrogens is 234 g/mol. The van der Waals surface area contributed by atoms with Gasteiger partial charge in [-0.2, -0.15) is 0 Å². The molecule has 1 heterocycles. The predicted octanol–water partition coefficient (Wildman–Crippen LogP) is 1.43. The maximum atomic E-state index is 11.7. The van der Waals surface area contributed by atoms with Crippen LogP contribution in [0.2, 0.25) is 0 Å². The molecule has 0 spiro atoms. The molecule has 0 aliphatic rings. The lowest BCUT2D eigenvalue weighted by Gasteiger charge is -2.12. The van der Waals surface area contributed by atoms with Gasteiger partial charge in [-0.25, -0.2) is 0 Å². The smallest absolute Gasteiger partial charge is 0.254 e. The molecule has 1 aromatic carbocycles. The average Bonchev–Trinajstić information content (AvgIpc) is 2.39. The van der Waals surface area contributed by atoms with E-state index in [1.54, 1.807) is 19.2 Å². The Morgan fingerprint density at radius 3 is 2.78 bits per heavy atom. The van der Waals surface area contributed by atoms with E-state index in [1.165, 1.54) is 0 Å². The van der Waals surface area contributed by atoms with Crippen molar-refractivity contribution in [3.05, 3.63) is 34.1 Å². The number of aromatic amines is 1. The molecule has 0 saturated heterocycles. The third-order valence-electron chi connectivity index (χ3n) is 2.69. The lowest BCUT2D eigenvalue weighted by molar-refractivity contribution is 0.280. The molecule has 2 rings (SSSR count). The highest BCUT2D eigenvalue weighted by atomic mass is 16.5. The summed E-state index contributed by atoms with van der Waals surface area (Å²) in [5.74, 6) is 1.08. The summed E-state index contributed by atoms with van der Waals surface area (Å²) in [5, 5.41) is 9.87. The van der Waals surface area contributed by atoms with Crippen molar-refractivity contribution in [1.82, 2.24) is 4.98 Å². The number of methoxy groups -OCH3 is 1. The van der Waals surface area contributed by atoms with Gasteiger partial charge in [0.15, 0.2) is 11.5 Å². The maximum Gasteiger partial charge on any atom is 0.254 e. The number of ether oxygens (including phenoxy) is 2. The van der Waals surface area contributed by atoms with Gasteiger partial charge in [0.25, 0.3) is 5.56 Å². The lowest BCUT2D eigenvalue weighted by atomic mass is 10.1. The Balaban J connectivity index is 2.75. The minimum absolute atomic E-state index is 0.290. The van der Waals surface area contributed by atoms with Crippen LogP contribution in [0.4, 0.5) is 0 Å². The van der Waals surface area contributed by atoms with E-state index in [-0.39, 0.29) is 12.2 Å². The Hall–Kier alpha value is -2.01. The number of H-pyrrole nitrogens is 1. The Morgan fingerprint density at radius 1 is 1.39 bits per heavy atom. The quantitative estimate of drug-likeness (QED) is 0.859. The molecule has 2 N–H and O–H groups in total. The van der Waals surface area contributed by atoms with Crippen LogP contribution in [0.1, 0.15) is 12.5 Å². The number of aliphatic hydroxyl groups is 1. The Bertz CT molecular complexity index is 618. The maximum absolute atomic E-state index is 11.7. The fourth-order valence-electron chi connectivity index (χ4n) is 1.84. The number of aliphatic hydroxyl groups excluding tert-OH is 1. The van der Waals surface area contributed by atoms with Gasteiger partial charge in [-0.3, -0.25) is 4.79 Å². The van der Waals surface area contributed by atoms with Gasteiger partial charge < -0.3 is 19.6 Å². The number of hydrogen-bond acceptors (Lipinski definition) is 4. The second-order valence-corrected chi connectivity index (χ2v) is 3.78. The third-order valence-corrected chi connectivity index (χ3v) is 2.69. The molecule has 96 valence electrons. The second kappa shape index (κ2) is 5.10. The standard InChI is InChI=1S/C13H15NO4/c1-3-18-12-10(17-2)5-4-8-6-9(7-15)13(16)14-11(8)12/h4-6,15H,3,7H2,1-2H3,(H,14,16). The summed E-state index contributed by atoms with van der Waals surface area (Å²) >= 11 is 0. The van der Waals surface area contributed by atoms with Crippen molar-refractivity contribution in [3.63, 3.8) is 0 Å². The number of pyridine rings is 1. The highest BCUT2D eigenvalue weighted by Crippen LogP contribution is 2.33. The number of aromatic nitrogens is 1. The van der Waals surface area contributed by atoms with E-state index >= 15 is 0 Å². The Morgan fingerprint density at radius 2 is 2.17 bits per heavy atom. The van der Waals surface area contributed by atoms with Crippen LogP contribution in [-0.2, 0) is 6.61 Å². The van der Waals surface area contributed by atoms with Crippen LogP contribution >= 0.6 is 0 Å². The molecule has 5 heteroatoms. The summed E-state index contributed by atoms with van der Waals surface area (Å²) in [6.07, 6.45) is 0. The fraction of sp³-hybridized carbons (Fsp3) is 0.308. The second-order valence-electron chi connectivity index (χ2n) is 3.78. The monoisotopic (exact) mass is 249 g/mol. The van der Waals surface area contributed by atoms with Gasteiger partial charge in [-0.05, 0) is 25.1 Å². The summed E-state index contributed by atoms with van der Waals surface area (Å²) < 4.78 is 10.7. The van der Waals surface area contributed by atoms with Crippen LogP contribution in [0.3, 0.4) is 0 Å². The fourth-order valence-corrected chi connectivity index (χ4v) is 1.84. The highest BCUT2D eigenvalue weighted by molar-refractivity contribution is 5.87. The molecule has 2 aromatic rings. The lowest BCUT2D eigenvalue weighted by Crippen LogP contribution is -2.12. The first-order chi connectivity index (χ1) is 8.71. The van der Waals surface area contributed by atoms with E-state index in [0.717, 1.165) is 5.39 Å². The number of fused-ring (bicyclic) bond motifs is 1. The summed E-state index contributed by atoms with van der Waals surface area (Å²) in [6.45, 7) is 2.04. The van der Waals surface area contributed by atoms with Gasteiger partial charge >= 0.3 is 0 Å². The van der Waals surface area contributed by atoms with Crippen molar-refractivity contribution in [3.8, 4) is 11.5 Å². The normalized spacial score (nSPS) is 10.6. The van der Waals surface area contributed by atoms with Gasteiger partial charge in [0.2, 0.25) is 0 Å².